The highest BCUT2D eigenvalue weighted by Crippen LogP contribution is 2.25. The first-order valence-corrected chi connectivity index (χ1v) is 4.73. The molecule has 1 atom stereocenters. The van der Waals surface area contributed by atoms with Crippen LogP contribution in [-0.2, 0) is 5.60 Å². The molecule has 0 fully saturated rings. The molecule has 1 rings (SSSR count). The third kappa shape index (κ3) is 2.05. The van der Waals surface area contributed by atoms with Crippen LogP contribution in [-0.4, -0.2) is 18.8 Å². The monoisotopic (exact) mass is 195 g/mol. The minimum atomic E-state index is -0.910. The van der Waals surface area contributed by atoms with Gasteiger partial charge in [0.25, 0.3) is 0 Å². The maximum atomic E-state index is 10.1. The van der Waals surface area contributed by atoms with Gasteiger partial charge in [0.15, 0.2) is 0 Å². The molecule has 3 heteroatoms. The molecule has 1 aromatic carbocycles. The first-order valence-electron chi connectivity index (χ1n) is 4.73. The zero-order valence-electron chi connectivity index (χ0n) is 8.66. The molecule has 1 unspecified atom stereocenters. The maximum Gasteiger partial charge on any atom is 0.118 e. The Morgan fingerprint density at radius 2 is 1.93 bits per heavy atom. The lowest BCUT2D eigenvalue weighted by Crippen LogP contribution is -2.33. The zero-order valence-corrected chi connectivity index (χ0v) is 8.66. The smallest absolute Gasteiger partial charge is 0.118 e. The Kier molecular flexibility index (Phi) is 3.49. The quantitative estimate of drug-likeness (QED) is 0.760. The van der Waals surface area contributed by atoms with E-state index in [0.717, 1.165) is 11.3 Å². The normalized spacial score (nSPS) is 14.9. The fourth-order valence-corrected chi connectivity index (χ4v) is 1.37. The SMILES string of the molecule is CCC(O)(CN)c1ccc(OC)cc1. The Balaban J connectivity index is 2.95. The molecule has 0 aromatic heterocycles. The topological polar surface area (TPSA) is 55.5 Å². The van der Waals surface area contributed by atoms with Crippen LogP contribution in [0.3, 0.4) is 0 Å². The van der Waals surface area contributed by atoms with Crippen LogP contribution in [0.15, 0.2) is 24.3 Å². The molecule has 0 amide bonds. The van der Waals surface area contributed by atoms with Gasteiger partial charge in [0.1, 0.15) is 11.4 Å². The number of hydrogen-bond acceptors (Lipinski definition) is 3. The van der Waals surface area contributed by atoms with Crippen LogP contribution >= 0.6 is 0 Å². The van der Waals surface area contributed by atoms with E-state index >= 15 is 0 Å². The van der Waals surface area contributed by atoms with Crippen molar-refractivity contribution >= 4 is 0 Å². The van der Waals surface area contributed by atoms with Gasteiger partial charge in [0.2, 0.25) is 0 Å². The van der Waals surface area contributed by atoms with Gasteiger partial charge >= 0.3 is 0 Å². The van der Waals surface area contributed by atoms with E-state index in [4.69, 9.17) is 10.5 Å². The van der Waals surface area contributed by atoms with Crippen molar-refractivity contribution in [3.05, 3.63) is 29.8 Å². The lowest BCUT2D eigenvalue weighted by atomic mass is 9.91. The van der Waals surface area contributed by atoms with Crippen LogP contribution in [0.25, 0.3) is 0 Å². The molecule has 0 saturated heterocycles. The van der Waals surface area contributed by atoms with Crippen molar-refractivity contribution in [1.82, 2.24) is 0 Å². The molecule has 0 bridgehead atoms. The van der Waals surface area contributed by atoms with Gasteiger partial charge in [-0.05, 0) is 24.1 Å². The van der Waals surface area contributed by atoms with E-state index in [1.54, 1.807) is 7.11 Å². The molecular formula is C11H17NO2. The number of ether oxygens (including phenoxy) is 1. The van der Waals surface area contributed by atoms with E-state index in [9.17, 15) is 5.11 Å². The standard InChI is InChI=1S/C11H17NO2/c1-3-11(13,8-12)9-4-6-10(14-2)7-5-9/h4-7,13H,3,8,12H2,1-2H3. The van der Waals surface area contributed by atoms with Crippen LogP contribution in [0.1, 0.15) is 18.9 Å². The van der Waals surface area contributed by atoms with E-state index in [2.05, 4.69) is 0 Å². The summed E-state index contributed by atoms with van der Waals surface area (Å²) in [5.74, 6) is 0.782. The lowest BCUT2D eigenvalue weighted by molar-refractivity contribution is 0.0418. The Morgan fingerprint density at radius 3 is 2.29 bits per heavy atom. The summed E-state index contributed by atoms with van der Waals surface area (Å²) < 4.78 is 5.04. The molecule has 3 nitrogen and oxygen atoms in total. The molecule has 0 radical (unpaired) electrons. The van der Waals surface area contributed by atoms with Crippen molar-refractivity contribution in [3.8, 4) is 5.75 Å². The number of benzene rings is 1. The molecular weight excluding hydrogens is 178 g/mol. The van der Waals surface area contributed by atoms with Crippen molar-refractivity contribution in [1.29, 1.82) is 0 Å². The summed E-state index contributed by atoms with van der Waals surface area (Å²) in [5.41, 5.74) is 5.46. The van der Waals surface area contributed by atoms with Crippen LogP contribution < -0.4 is 10.5 Å². The molecule has 0 aliphatic heterocycles. The highest BCUT2D eigenvalue weighted by atomic mass is 16.5. The first kappa shape index (κ1) is 11.0. The molecule has 1 aromatic rings. The second-order valence-corrected chi connectivity index (χ2v) is 3.32. The molecule has 0 heterocycles. The summed E-state index contributed by atoms with van der Waals surface area (Å²) in [7, 11) is 1.62. The number of aliphatic hydroxyl groups is 1. The van der Waals surface area contributed by atoms with Gasteiger partial charge in [-0.1, -0.05) is 19.1 Å². The average molecular weight is 195 g/mol. The zero-order chi connectivity index (χ0) is 10.6. The Hall–Kier alpha value is -1.06. The van der Waals surface area contributed by atoms with Crippen molar-refractivity contribution in [2.75, 3.05) is 13.7 Å². The van der Waals surface area contributed by atoms with Crippen molar-refractivity contribution in [2.45, 2.75) is 18.9 Å². The summed E-state index contributed by atoms with van der Waals surface area (Å²) in [5, 5.41) is 10.1. The van der Waals surface area contributed by atoms with Crippen LogP contribution in [0.2, 0.25) is 0 Å². The Labute approximate surface area is 84.5 Å². The fraction of sp³-hybridized carbons (Fsp3) is 0.455. The molecule has 3 N–H and O–H groups in total. The van der Waals surface area contributed by atoms with Gasteiger partial charge in [-0.3, -0.25) is 0 Å². The summed E-state index contributed by atoms with van der Waals surface area (Å²) in [4.78, 5) is 0. The highest BCUT2D eigenvalue weighted by molar-refractivity contribution is 5.30. The van der Waals surface area contributed by atoms with Crippen molar-refractivity contribution in [3.63, 3.8) is 0 Å². The van der Waals surface area contributed by atoms with Gasteiger partial charge in [-0.25, -0.2) is 0 Å². The molecule has 0 aliphatic carbocycles. The maximum absolute atomic E-state index is 10.1. The summed E-state index contributed by atoms with van der Waals surface area (Å²) >= 11 is 0. The molecule has 14 heavy (non-hydrogen) atoms. The summed E-state index contributed by atoms with van der Waals surface area (Å²) in [6.45, 7) is 2.15. The predicted molar refractivity (Wildman–Crippen MR) is 56.2 cm³/mol. The van der Waals surface area contributed by atoms with E-state index < -0.39 is 5.60 Å². The Bertz CT molecular complexity index is 278. The second kappa shape index (κ2) is 4.44. The lowest BCUT2D eigenvalue weighted by Gasteiger charge is -2.25. The fourth-order valence-electron chi connectivity index (χ4n) is 1.37. The van der Waals surface area contributed by atoms with Crippen LogP contribution in [0, 0.1) is 0 Å². The van der Waals surface area contributed by atoms with E-state index in [1.165, 1.54) is 0 Å². The van der Waals surface area contributed by atoms with Gasteiger partial charge in [-0.2, -0.15) is 0 Å². The minimum absolute atomic E-state index is 0.232. The van der Waals surface area contributed by atoms with Crippen molar-refractivity contribution < 1.29 is 9.84 Å². The first-order chi connectivity index (χ1) is 6.66. The summed E-state index contributed by atoms with van der Waals surface area (Å²) in [6, 6.07) is 7.33. The second-order valence-electron chi connectivity index (χ2n) is 3.32. The van der Waals surface area contributed by atoms with Gasteiger partial charge in [0, 0.05) is 6.54 Å². The molecule has 78 valence electrons. The van der Waals surface area contributed by atoms with E-state index in [0.29, 0.717) is 6.42 Å². The molecule has 0 spiro atoms. The average Bonchev–Trinajstić information content (AvgIpc) is 2.28. The number of rotatable bonds is 4. The third-order valence-corrected chi connectivity index (χ3v) is 2.55. The van der Waals surface area contributed by atoms with Crippen LogP contribution in [0.5, 0.6) is 5.75 Å². The number of hydrogen-bond donors (Lipinski definition) is 2. The molecule has 0 saturated carbocycles. The highest BCUT2D eigenvalue weighted by Gasteiger charge is 2.24. The predicted octanol–water partition coefficient (Wildman–Crippen LogP) is 1.25. The largest absolute Gasteiger partial charge is 0.497 e. The summed E-state index contributed by atoms with van der Waals surface area (Å²) in [6.07, 6.45) is 0.607. The van der Waals surface area contributed by atoms with Gasteiger partial charge in [-0.15, -0.1) is 0 Å². The van der Waals surface area contributed by atoms with Gasteiger partial charge < -0.3 is 15.6 Å². The molecule has 0 aliphatic rings. The number of methoxy groups -OCH3 is 1. The number of nitrogens with two attached hydrogens (primary N) is 1. The minimum Gasteiger partial charge on any atom is -0.497 e. The van der Waals surface area contributed by atoms with Crippen molar-refractivity contribution in [2.24, 2.45) is 5.73 Å². The Morgan fingerprint density at radius 1 is 1.36 bits per heavy atom. The van der Waals surface area contributed by atoms with E-state index in [-0.39, 0.29) is 6.54 Å². The van der Waals surface area contributed by atoms with E-state index in [1.807, 2.05) is 31.2 Å². The third-order valence-electron chi connectivity index (χ3n) is 2.55. The van der Waals surface area contributed by atoms with Crippen LogP contribution in [0.4, 0.5) is 0 Å². The van der Waals surface area contributed by atoms with Gasteiger partial charge in [0.05, 0.1) is 7.11 Å².